The summed E-state index contributed by atoms with van der Waals surface area (Å²) in [6.45, 7) is 5.73. The van der Waals surface area contributed by atoms with E-state index >= 15 is 0 Å². The lowest BCUT2D eigenvalue weighted by molar-refractivity contribution is 0.488. The van der Waals surface area contributed by atoms with Crippen LogP contribution in [0.5, 0.6) is 0 Å². The second kappa shape index (κ2) is 8.17. The lowest BCUT2D eigenvalue weighted by atomic mass is 10.2. The molecular formula is C16H20ClFN2O. The van der Waals surface area contributed by atoms with E-state index in [4.69, 9.17) is 16.0 Å². The van der Waals surface area contributed by atoms with Crippen LogP contribution in [0.25, 0.3) is 11.3 Å². The van der Waals surface area contributed by atoms with E-state index in [-0.39, 0.29) is 5.02 Å². The van der Waals surface area contributed by atoms with Crippen molar-refractivity contribution in [3.05, 3.63) is 46.9 Å². The summed E-state index contributed by atoms with van der Waals surface area (Å²) in [5.41, 5.74) is 0.778. The molecule has 2 N–H and O–H groups in total. The average Bonchev–Trinajstić information content (AvgIpc) is 2.94. The van der Waals surface area contributed by atoms with E-state index < -0.39 is 5.82 Å². The topological polar surface area (TPSA) is 37.2 Å². The first-order valence-corrected chi connectivity index (χ1v) is 7.54. The number of rotatable bonds is 8. The Hall–Kier alpha value is -1.36. The standard InChI is InChI=1S/C16H20ClFN2O/c1-2-19-8-3-9-20-11-13-5-7-16(21-13)12-4-6-15(18)14(17)10-12/h4-7,10,19-20H,2-3,8-9,11H2,1H3. The molecule has 2 aromatic rings. The molecule has 0 amide bonds. The van der Waals surface area contributed by atoms with Crippen LogP contribution in [0.15, 0.2) is 34.7 Å². The van der Waals surface area contributed by atoms with Crippen molar-refractivity contribution in [2.24, 2.45) is 0 Å². The molecule has 0 aliphatic heterocycles. The summed E-state index contributed by atoms with van der Waals surface area (Å²) in [4.78, 5) is 0. The highest BCUT2D eigenvalue weighted by atomic mass is 35.5. The van der Waals surface area contributed by atoms with Crippen LogP contribution in [0.3, 0.4) is 0 Å². The van der Waals surface area contributed by atoms with Crippen molar-refractivity contribution in [1.29, 1.82) is 0 Å². The Kier molecular flexibility index (Phi) is 6.23. The molecule has 5 heteroatoms. The van der Waals surface area contributed by atoms with Gasteiger partial charge in [0, 0.05) is 5.56 Å². The van der Waals surface area contributed by atoms with Crippen molar-refractivity contribution in [3.8, 4) is 11.3 Å². The average molecular weight is 311 g/mol. The van der Waals surface area contributed by atoms with Crippen LogP contribution < -0.4 is 10.6 Å². The van der Waals surface area contributed by atoms with Gasteiger partial charge in [-0.1, -0.05) is 18.5 Å². The number of hydrogen-bond donors (Lipinski definition) is 2. The normalized spacial score (nSPS) is 11.0. The summed E-state index contributed by atoms with van der Waals surface area (Å²) in [6.07, 6.45) is 1.08. The van der Waals surface area contributed by atoms with E-state index in [1.165, 1.54) is 6.07 Å². The molecular weight excluding hydrogens is 291 g/mol. The van der Waals surface area contributed by atoms with Crippen LogP contribution in [0.1, 0.15) is 19.1 Å². The van der Waals surface area contributed by atoms with Crippen molar-refractivity contribution >= 4 is 11.6 Å². The molecule has 0 radical (unpaired) electrons. The fraction of sp³-hybridized carbons (Fsp3) is 0.375. The molecule has 1 aromatic carbocycles. The van der Waals surface area contributed by atoms with Gasteiger partial charge in [0.1, 0.15) is 17.3 Å². The molecule has 1 aromatic heterocycles. The number of nitrogens with one attached hydrogen (secondary N) is 2. The minimum atomic E-state index is -0.422. The molecule has 0 spiro atoms. The van der Waals surface area contributed by atoms with Gasteiger partial charge in [-0.3, -0.25) is 0 Å². The molecule has 0 unspecified atom stereocenters. The first-order chi connectivity index (χ1) is 10.2. The zero-order valence-corrected chi connectivity index (χ0v) is 12.8. The Balaban J connectivity index is 1.85. The van der Waals surface area contributed by atoms with Crippen molar-refractivity contribution in [2.75, 3.05) is 19.6 Å². The van der Waals surface area contributed by atoms with E-state index in [2.05, 4.69) is 17.6 Å². The predicted octanol–water partition coefficient (Wildman–Crippen LogP) is 3.83. The quantitative estimate of drug-likeness (QED) is 0.728. The van der Waals surface area contributed by atoms with Gasteiger partial charge in [-0.15, -0.1) is 0 Å². The number of hydrogen-bond acceptors (Lipinski definition) is 3. The molecule has 114 valence electrons. The molecule has 0 saturated heterocycles. The third-order valence-electron chi connectivity index (χ3n) is 3.12. The van der Waals surface area contributed by atoms with Gasteiger partial charge in [-0.05, 0) is 56.4 Å². The van der Waals surface area contributed by atoms with Crippen LogP contribution in [0.4, 0.5) is 4.39 Å². The summed E-state index contributed by atoms with van der Waals surface area (Å²) in [5, 5.41) is 6.71. The van der Waals surface area contributed by atoms with E-state index in [9.17, 15) is 4.39 Å². The van der Waals surface area contributed by atoms with E-state index in [0.29, 0.717) is 12.3 Å². The highest BCUT2D eigenvalue weighted by Gasteiger charge is 2.07. The van der Waals surface area contributed by atoms with E-state index in [1.54, 1.807) is 12.1 Å². The highest BCUT2D eigenvalue weighted by Crippen LogP contribution is 2.26. The van der Waals surface area contributed by atoms with Gasteiger partial charge in [0.25, 0.3) is 0 Å². The third-order valence-corrected chi connectivity index (χ3v) is 3.41. The lowest BCUT2D eigenvalue weighted by Gasteiger charge is -2.03. The van der Waals surface area contributed by atoms with Gasteiger partial charge >= 0.3 is 0 Å². The largest absolute Gasteiger partial charge is 0.460 e. The number of furan rings is 1. The Labute approximate surface area is 129 Å². The van der Waals surface area contributed by atoms with Crippen molar-refractivity contribution in [2.45, 2.75) is 19.9 Å². The molecule has 0 bridgehead atoms. The van der Waals surface area contributed by atoms with Gasteiger partial charge in [0.2, 0.25) is 0 Å². The molecule has 2 rings (SSSR count). The number of benzene rings is 1. The predicted molar refractivity (Wildman–Crippen MR) is 84.0 cm³/mol. The monoisotopic (exact) mass is 310 g/mol. The molecule has 0 saturated carbocycles. The van der Waals surface area contributed by atoms with E-state index in [1.807, 2.05) is 12.1 Å². The van der Waals surface area contributed by atoms with Gasteiger partial charge in [0.05, 0.1) is 11.6 Å². The van der Waals surface area contributed by atoms with Crippen LogP contribution in [-0.4, -0.2) is 19.6 Å². The summed E-state index contributed by atoms with van der Waals surface area (Å²) in [6, 6.07) is 8.37. The molecule has 0 aliphatic carbocycles. The summed E-state index contributed by atoms with van der Waals surface area (Å²) in [7, 11) is 0. The summed E-state index contributed by atoms with van der Waals surface area (Å²) in [5.74, 6) is 1.13. The van der Waals surface area contributed by atoms with Crippen molar-refractivity contribution in [1.82, 2.24) is 10.6 Å². The lowest BCUT2D eigenvalue weighted by Crippen LogP contribution is -2.21. The molecule has 21 heavy (non-hydrogen) atoms. The maximum absolute atomic E-state index is 13.1. The highest BCUT2D eigenvalue weighted by molar-refractivity contribution is 6.31. The Morgan fingerprint density at radius 3 is 2.71 bits per heavy atom. The minimum absolute atomic E-state index is 0.104. The second-order valence-corrected chi connectivity index (χ2v) is 5.19. The first-order valence-electron chi connectivity index (χ1n) is 7.16. The van der Waals surface area contributed by atoms with Crippen molar-refractivity contribution in [3.63, 3.8) is 0 Å². The Morgan fingerprint density at radius 2 is 1.95 bits per heavy atom. The molecule has 0 fully saturated rings. The fourth-order valence-corrected chi connectivity index (χ4v) is 2.18. The molecule has 0 atom stereocenters. The van der Waals surface area contributed by atoms with Crippen LogP contribution in [-0.2, 0) is 6.54 Å². The van der Waals surface area contributed by atoms with Crippen LogP contribution in [0.2, 0.25) is 5.02 Å². The summed E-state index contributed by atoms with van der Waals surface area (Å²) < 4.78 is 18.9. The second-order valence-electron chi connectivity index (χ2n) is 4.78. The van der Waals surface area contributed by atoms with Gasteiger partial charge in [-0.25, -0.2) is 4.39 Å². The van der Waals surface area contributed by atoms with Gasteiger partial charge in [-0.2, -0.15) is 0 Å². The minimum Gasteiger partial charge on any atom is -0.460 e. The molecule has 0 aliphatic rings. The van der Waals surface area contributed by atoms with Gasteiger partial charge < -0.3 is 15.1 Å². The zero-order valence-electron chi connectivity index (χ0n) is 12.1. The number of halogens is 2. The Bertz CT molecular complexity index is 571. The third kappa shape index (κ3) is 4.84. The maximum Gasteiger partial charge on any atom is 0.141 e. The zero-order chi connectivity index (χ0) is 15.1. The van der Waals surface area contributed by atoms with Crippen LogP contribution in [0, 0.1) is 5.82 Å². The van der Waals surface area contributed by atoms with Crippen molar-refractivity contribution < 1.29 is 8.81 Å². The Morgan fingerprint density at radius 1 is 1.14 bits per heavy atom. The fourth-order valence-electron chi connectivity index (χ4n) is 2.00. The van der Waals surface area contributed by atoms with Crippen LogP contribution >= 0.6 is 11.6 Å². The van der Waals surface area contributed by atoms with Gasteiger partial charge in [0.15, 0.2) is 0 Å². The molecule has 3 nitrogen and oxygen atoms in total. The maximum atomic E-state index is 13.1. The SMILES string of the molecule is CCNCCCNCc1ccc(-c2ccc(F)c(Cl)c2)o1. The smallest absolute Gasteiger partial charge is 0.141 e. The first kappa shape index (κ1) is 16.0. The van der Waals surface area contributed by atoms with E-state index in [0.717, 1.165) is 37.4 Å². The summed E-state index contributed by atoms with van der Waals surface area (Å²) >= 11 is 5.78. The molecule has 1 heterocycles.